The third-order valence-electron chi connectivity index (χ3n) is 3.60. The molecule has 0 fully saturated rings. The Kier molecular flexibility index (Phi) is 4.02. The third-order valence-corrected chi connectivity index (χ3v) is 3.60. The molecular formula is C18H16O4. The standard InChI is InChI=1S/C18H16O4/c1-2-21-9-10-22-12-7-8-15-16(11-12)18(20)14-6-4-3-5-13(14)17(15)19/h3-8,11H,2,9-10H2,1H3. The lowest BCUT2D eigenvalue weighted by Crippen LogP contribution is -2.20. The summed E-state index contributed by atoms with van der Waals surface area (Å²) < 4.78 is 10.8. The molecule has 0 aliphatic heterocycles. The van der Waals surface area contributed by atoms with Gasteiger partial charge >= 0.3 is 0 Å². The van der Waals surface area contributed by atoms with Crippen LogP contribution in [0.5, 0.6) is 5.75 Å². The number of benzene rings is 2. The van der Waals surface area contributed by atoms with Gasteiger partial charge < -0.3 is 9.47 Å². The molecule has 4 heteroatoms. The van der Waals surface area contributed by atoms with E-state index in [0.717, 1.165) is 0 Å². The second kappa shape index (κ2) is 6.12. The van der Waals surface area contributed by atoms with E-state index in [0.29, 0.717) is 47.8 Å². The van der Waals surface area contributed by atoms with Gasteiger partial charge in [-0.2, -0.15) is 0 Å². The van der Waals surface area contributed by atoms with Gasteiger partial charge in [0.25, 0.3) is 0 Å². The highest BCUT2D eigenvalue weighted by molar-refractivity contribution is 6.28. The zero-order valence-corrected chi connectivity index (χ0v) is 12.3. The number of carbonyl (C=O) groups is 2. The summed E-state index contributed by atoms with van der Waals surface area (Å²) in [5.41, 5.74) is 1.75. The lowest BCUT2D eigenvalue weighted by atomic mass is 9.84. The van der Waals surface area contributed by atoms with E-state index in [1.165, 1.54) is 0 Å². The van der Waals surface area contributed by atoms with E-state index in [1.807, 2.05) is 6.92 Å². The monoisotopic (exact) mass is 296 g/mol. The minimum atomic E-state index is -0.138. The maximum absolute atomic E-state index is 12.5. The Balaban J connectivity index is 1.89. The Hall–Kier alpha value is -2.46. The molecule has 0 amide bonds. The number of carbonyl (C=O) groups excluding carboxylic acids is 2. The fourth-order valence-electron chi connectivity index (χ4n) is 2.53. The summed E-state index contributed by atoms with van der Waals surface area (Å²) in [7, 11) is 0. The molecule has 0 aromatic heterocycles. The molecule has 3 rings (SSSR count). The number of rotatable bonds is 5. The van der Waals surface area contributed by atoms with E-state index in [9.17, 15) is 9.59 Å². The summed E-state index contributed by atoms with van der Waals surface area (Å²) >= 11 is 0. The van der Waals surface area contributed by atoms with Crippen LogP contribution in [-0.4, -0.2) is 31.4 Å². The molecule has 0 saturated heterocycles. The SMILES string of the molecule is CCOCCOc1ccc2c(c1)C(=O)c1ccccc1C2=O. The molecule has 0 heterocycles. The van der Waals surface area contributed by atoms with Gasteiger partial charge in [-0.1, -0.05) is 24.3 Å². The molecule has 112 valence electrons. The minimum absolute atomic E-state index is 0.119. The van der Waals surface area contributed by atoms with Gasteiger partial charge in [0, 0.05) is 28.9 Å². The molecule has 0 unspecified atom stereocenters. The van der Waals surface area contributed by atoms with Gasteiger partial charge in [0.05, 0.1) is 6.61 Å². The molecule has 4 nitrogen and oxygen atoms in total. The first kappa shape index (κ1) is 14.5. The van der Waals surface area contributed by atoms with Crippen molar-refractivity contribution in [1.29, 1.82) is 0 Å². The van der Waals surface area contributed by atoms with Crippen molar-refractivity contribution in [2.45, 2.75) is 6.92 Å². The van der Waals surface area contributed by atoms with Crippen molar-refractivity contribution >= 4 is 11.6 Å². The van der Waals surface area contributed by atoms with E-state index in [4.69, 9.17) is 9.47 Å². The van der Waals surface area contributed by atoms with Crippen LogP contribution in [0.4, 0.5) is 0 Å². The average Bonchev–Trinajstić information content (AvgIpc) is 2.56. The minimum Gasteiger partial charge on any atom is -0.491 e. The lowest BCUT2D eigenvalue weighted by molar-refractivity contribution is 0.0977. The second-order valence-electron chi connectivity index (χ2n) is 4.96. The van der Waals surface area contributed by atoms with Crippen LogP contribution in [0, 0.1) is 0 Å². The number of fused-ring (bicyclic) bond motifs is 2. The van der Waals surface area contributed by atoms with Gasteiger partial charge in [0.2, 0.25) is 0 Å². The number of ketones is 2. The molecule has 0 radical (unpaired) electrons. The van der Waals surface area contributed by atoms with Crippen LogP contribution >= 0.6 is 0 Å². The normalized spacial score (nSPS) is 12.8. The highest BCUT2D eigenvalue weighted by Crippen LogP contribution is 2.29. The number of ether oxygens (including phenoxy) is 2. The highest BCUT2D eigenvalue weighted by Gasteiger charge is 2.29. The van der Waals surface area contributed by atoms with Crippen LogP contribution in [-0.2, 0) is 4.74 Å². The molecule has 1 aliphatic rings. The first-order chi connectivity index (χ1) is 10.7. The number of hydrogen-bond donors (Lipinski definition) is 0. The number of hydrogen-bond acceptors (Lipinski definition) is 4. The Morgan fingerprint density at radius 1 is 0.818 bits per heavy atom. The summed E-state index contributed by atoms with van der Waals surface area (Å²) in [6.45, 7) is 3.45. The first-order valence-electron chi connectivity index (χ1n) is 7.25. The van der Waals surface area contributed by atoms with Crippen molar-refractivity contribution in [2.24, 2.45) is 0 Å². The maximum Gasteiger partial charge on any atom is 0.194 e. The van der Waals surface area contributed by atoms with Crippen molar-refractivity contribution in [3.05, 3.63) is 64.7 Å². The Morgan fingerprint density at radius 3 is 2.14 bits per heavy atom. The quantitative estimate of drug-likeness (QED) is 0.679. The van der Waals surface area contributed by atoms with Crippen molar-refractivity contribution in [1.82, 2.24) is 0 Å². The largest absolute Gasteiger partial charge is 0.491 e. The molecule has 2 aromatic rings. The van der Waals surface area contributed by atoms with Crippen molar-refractivity contribution in [2.75, 3.05) is 19.8 Å². The first-order valence-corrected chi connectivity index (χ1v) is 7.25. The van der Waals surface area contributed by atoms with Crippen molar-refractivity contribution < 1.29 is 19.1 Å². The van der Waals surface area contributed by atoms with Gasteiger partial charge in [-0.3, -0.25) is 9.59 Å². The molecule has 0 saturated carbocycles. The molecule has 0 N–H and O–H groups in total. The topological polar surface area (TPSA) is 52.6 Å². The van der Waals surface area contributed by atoms with Gasteiger partial charge in [0.15, 0.2) is 11.6 Å². The smallest absolute Gasteiger partial charge is 0.194 e. The summed E-state index contributed by atoms with van der Waals surface area (Å²) in [6, 6.07) is 11.9. The summed E-state index contributed by atoms with van der Waals surface area (Å²) in [5, 5.41) is 0. The highest BCUT2D eigenvalue weighted by atomic mass is 16.5. The predicted octanol–water partition coefficient (Wildman–Crippen LogP) is 2.88. The summed E-state index contributed by atoms with van der Waals surface area (Å²) in [5.74, 6) is 0.311. The zero-order chi connectivity index (χ0) is 15.5. The van der Waals surface area contributed by atoms with Crippen LogP contribution in [0.2, 0.25) is 0 Å². The van der Waals surface area contributed by atoms with Crippen LogP contribution in [0.3, 0.4) is 0 Å². The van der Waals surface area contributed by atoms with Crippen LogP contribution in [0.25, 0.3) is 0 Å². The molecule has 22 heavy (non-hydrogen) atoms. The summed E-state index contributed by atoms with van der Waals surface area (Å²) in [6.07, 6.45) is 0. The molecule has 0 spiro atoms. The zero-order valence-electron chi connectivity index (χ0n) is 12.3. The van der Waals surface area contributed by atoms with Crippen LogP contribution in [0.15, 0.2) is 42.5 Å². The Morgan fingerprint density at radius 2 is 1.45 bits per heavy atom. The van der Waals surface area contributed by atoms with E-state index in [-0.39, 0.29) is 11.6 Å². The average molecular weight is 296 g/mol. The van der Waals surface area contributed by atoms with Crippen LogP contribution in [0.1, 0.15) is 38.8 Å². The fourth-order valence-corrected chi connectivity index (χ4v) is 2.53. The van der Waals surface area contributed by atoms with Crippen LogP contribution < -0.4 is 4.74 Å². The predicted molar refractivity (Wildman–Crippen MR) is 81.7 cm³/mol. The molecule has 2 aromatic carbocycles. The van der Waals surface area contributed by atoms with E-state index < -0.39 is 0 Å². The van der Waals surface area contributed by atoms with Crippen molar-refractivity contribution in [3.63, 3.8) is 0 Å². The molecule has 1 aliphatic carbocycles. The van der Waals surface area contributed by atoms with Gasteiger partial charge in [0.1, 0.15) is 12.4 Å². The Labute approximate surface area is 128 Å². The maximum atomic E-state index is 12.5. The summed E-state index contributed by atoms with van der Waals surface area (Å²) in [4.78, 5) is 25.0. The Bertz CT molecular complexity index is 734. The molecule has 0 bridgehead atoms. The van der Waals surface area contributed by atoms with Crippen molar-refractivity contribution in [3.8, 4) is 5.75 Å². The third kappa shape index (κ3) is 2.53. The van der Waals surface area contributed by atoms with Gasteiger partial charge in [-0.15, -0.1) is 0 Å². The van der Waals surface area contributed by atoms with Gasteiger partial charge in [-0.05, 0) is 25.1 Å². The second-order valence-corrected chi connectivity index (χ2v) is 4.96. The lowest BCUT2D eigenvalue weighted by Gasteiger charge is -2.18. The van der Waals surface area contributed by atoms with E-state index in [1.54, 1.807) is 42.5 Å². The molecular weight excluding hydrogens is 280 g/mol. The van der Waals surface area contributed by atoms with Gasteiger partial charge in [-0.25, -0.2) is 0 Å². The fraction of sp³-hybridized carbons (Fsp3) is 0.222. The van der Waals surface area contributed by atoms with E-state index >= 15 is 0 Å². The molecule has 0 atom stereocenters. The van der Waals surface area contributed by atoms with E-state index in [2.05, 4.69) is 0 Å².